The summed E-state index contributed by atoms with van der Waals surface area (Å²) in [6.07, 6.45) is 7.05. The van der Waals surface area contributed by atoms with Crippen LogP contribution in [-0.4, -0.2) is 40.6 Å². The van der Waals surface area contributed by atoms with E-state index in [-0.39, 0.29) is 11.7 Å². The van der Waals surface area contributed by atoms with Gasteiger partial charge in [-0.1, -0.05) is 12.1 Å². The van der Waals surface area contributed by atoms with Crippen LogP contribution in [0, 0.1) is 0 Å². The zero-order valence-electron chi connectivity index (χ0n) is 15.6. The molecule has 1 aromatic carbocycles. The number of nitrogens with two attached hydrogens (primary N) is 1. The Morgan fingerprint density at radius 1 is 1.19 bits per heavy atom. The minimum absolute atomic E-state index is 0.163. The van der Waals surface area contributed by atoms with E-state index in [0.29, 0.717) is 11.6 Å². The summed E-state index contributed by atoms with van der Waals surface area (Å²) in [5, 5.41) is 3.19. The van der Waals surface area contributed by atoms with Gasteiger partial charge < -0.3 is 20.7 Å². The Hall–Kier alpha value is -2.38. The number of nitrogens with zero attached hydrogens (tertiary/aromatic N) is 3. The molecule has 7 nitrogen and oxygen atoms in total. The minimum atomic E-state index is -0.217. The number of benzene rings is 1. The molecule has 1 fully saturated rings. The standard InChI is InChI=1S/C20H27N5O2/c21-10-3-4-11-24-12-5-6-15(9-13-24)25-14-18-19(23-20(25)26)22-16-7-1-2-8-17(16)27-18/h1-2,7-8,14-15H,3-6,9-13,21H2,(H,22,23,26). The van der Waals surface area contributed by atoms with E-state index in [9.17, 15) is 4.79 Å². The van der Waals surface area contributed by atoms with Crippen LogP contribution in [0.2, 0.25) is 0 Å². The fourth-order valence-electron chi connectivity index (χ4n) is 3.90. The van der Waals surface area contributed by atoms with Crippen LogP contribution < -0.4 is 21.5 Å². The Labute approximate surface area is 159 Å². The van der Waals surface area contributed by atoms with Crippen molar-refractivity contribution in [1.29, 1.82) is 0 Å². The van der Waals surface area contributed by atoms with E-state index in [1.807, 2.05) is 30.5 Å². The molecule has 0 aliphatic carbocycles. The van der Waals surface area contributed by atoms with Crippen LogP contribution in [0.1, 0.15) is 38.1 Å². The third-order valence-corrected chi connectivity index (χ3v) is 5.39. The normalized spacial score (nSPS) is 19.4. The summed E-state index contributed by atoms with van der Waals surface area (Å²) < 4.78 is 7.74. The summed E-state index contributed by atoms with van der Waals surface area (Å²) in [6, 6.07) is 7.84. The first-order valence-electron chi connectivity index (χ1n) is 9.84. The molecule has 1 aromatic heterocycles. The number of anilines is 2. The number of nitrogens with one attached hydrogen (secondary N) is 1. The van der Waals surface area contributed by atoms with Gasteiger partial charge in [0.2, 0.25) is 0 Å². The topological polar surface area (TPSA) is 85.4 Å². The minimum Gasteiger partial charge on any atom is -0.450 e. The Bertz CT molecular complexity index is 851. The monoisotopic (exact) mass is 369 g/mol. The lowest BCUT2D eigenvalue weighted by Crippen LogP contribution is -2.30. The van der Waals surface area contributed by atoms with Crippen LogP contribution >= 0.6 is 0 Å². The second kappa shape index (κ2) is 8.10. The maximum Gasteiger partial charge on any atom is 0.350 e. The van der Waals surface area contributed by atoms with E-state index in [2.05, 4.69) is 15.2 Å². The Morgan fingerprint density at radius 2 is 2.07 bits per heavy atom. The Balaban J connectivity index is 1.49. The van der Waals surface area contributed by atoms with Crippen LogP contribution in [0.5, 0.6) is 11.5 Å². The van der Waals surface area contributed by atoms with Gasteiger partial charge in [-0.15, -0.1) is 0 Å². The van der Waals surface area contributed by atoms with Gasteiger partial charge in [-0.05, 0) is 63.9 Å². The van der Waals surface area contributed by atoms with E-state index in [1.165, 1.54) is 0 Å². The molecule has 0 saturated carbocycles. The summed E-state index contributed by atoms with van der Waals surface area (Å²) in [5.74, 6) is 1.85. The largest absolute Gasteiger partial charge is 0.450 e. The number of unbranched alkanes of at least 4 members (excludes halogenated alkanes) is 1. The first-order chi connectivity index (χ1) is 13.2. The molecule has 2 aliphatic rings. The van der Waals surface area contributed by atoms with Crippen molar-refractivity contribution in [2.75, 3.05) is 31.5 Å². The van der Waals surface area contributed by atoms with Crippen molar-refractivity contribution in [3.63, 3.8) is 0 Å². The molecule has 2 aliphatic heterocycles. The molecule has 2 aromatic rings. The average Bonchev–Trinajstić information content (AvgIpc) is 2.92. The van der Waals surface area contributed by atoms with Gasteiger partial charge in [0.15, 0.2) is 17.3 Å². The van der Waals surface area contributed by atoms with Gasteiger partial charge in [-0.2, -0.15) is 4.98 Å². The molecule has 7 heteroatoms. The maximum absolute atomic E-state index is 12.6. The number of ether oxygens (including phenoxy) is 1. The van der Waals surface area contributed by atoms with Crippen molar-refractivity contribution in [1.82, 2.24) is 14.5 Å². The van der Waals surface area contributed by atoms with Gasteiger partial charge in [-0.3, -0.25) is 4.57 Å². The predicted molar refractivity (Wildman–Crippen MR) is 106 cm³/mol. The first kappa shape index (κ1) is 18.0. The van der Waals surface area contributed by atoms with E-state index in [1.54, 1.807) is 4.57 Å². The molecule has 0 spiro atoms. The van der Waals surface area contributed by atoms with Crippen molar-refractivity contribution in [3.05, 3.63) is 40.9 Å². The summed E-state index contributed by atoms with van der Waals surface area (Å²) >= 11 is 0. The summed E-state index contributed by atoms with van der Waals surface area (Å²) in [5.41, 5.74) is 6.21. The molecular formula is C20H27N5O2. The predicted octanol–water partition coefficient (Wildman–Crippen LogP) is 2.86. The van der Waals surface area contributed by atoms with E-state index in [4.69, 9.17) is 10.5 Å². The van der Waals surface area contributed by atoms with E-state index in [0.717, 1.165) is 69.7 Å². The number of likely N-dealkylation sites (tertiary alicyclic amines) is 1. The number of aromatic nitrogens is 2. The smallest absolute Gasteiger partial charge is 0.350 e. The second-order valence-electron chi connectivity index (χ2n) is 7.29. The molecule has 1 unspecified atom stereocenters. The summed E-state index contributed by atoms with van der Waals surface area (Å²) in [4.78, 5) is 19.4. The van der Waals surface area contributed by atoms with Gasteiger partial charge >= 0.3 is 5.69 Å². The van der Waals surface area contributed by atoms with Crippen LogP contribution in [0.4, 0.5) is 11.5 Å². The first-order valence-corrected chi connectivity index (χ1v) is 9.84. The number of hydrogen-bond acceptors (Lipinski definition) is 6. The highest BCUT2D eigenvalue weighted by Crippen LogP contribution is 2.40. The lowest BCUT2D eigenvalue weighted by Gasteiger charge is -2.24. The number of para-hydroxylation sites is 2. The third-order valence-electron chi connectivity index (χ3n) is 5.39. The van der Waals surface area contributed by atoms with Crippen LogP contribution in [-0.2, 0) is 0 Å². The van der Waals surface area contributed by atoms with E-state index >= 15 is 0 Å². The molecule has 0 amide bonds. The quantitative estimate of drug-likeness (QED) is 0.673. The van der Waals surface area contributed by atoms with E-state index < -0.39 is 0 Å². The van der Waals surface area contributed by atoms with Gasteiger partial charge in [0.1, 0.15) is 0 Å². The Morgan fingerprint density at radius 3 is 2.96 bits per heavy atom. The molecule has 0 bridgehead atoms. The van der Waals surface area contributed by atoms with Gasteiger partial charge in [0, 0.05) is 12.6 Å². The fraction of sp³-hybridized carbons (Fsp3) is 0.500. The highest BCUT2D eigenvalue weighted by atomic mass is 16.5. The highest BCUT2D eigenvalue weighted by Gasteiger charge is 2.23. The lowest BCUT2D eigenvalue weighted by atomic mass is 10.1. The average molecular weight is 369 g/mol. The molecule has 3 N–H and O–H groups in total. The third kappa shape index (κ3) is 3.99. The number of fused-ring (bicyclic) bond motifs is 2. The fourth-order valence-corrected chi connectivity index (χ4v) is 3.90. The molecule has 4 rings (SSSR count). The number of hydrogen-bond donors (Lipinski definition) is 2. The van der Waals surface area contributed by atoms with Crippen molar-refractivity contribution in [2.45, 2.75) is 38.1 Å². The van der Waals surface area contributed by atoms with Crippen molar-refractivity contribution in [2.24, 2.45) is 5.73 Å². The van der Waals surface area contributed by atoms with Crippen LogP contribution in [0.25, 0.3) is 0 Å². The molecule has 27 heavy (non-hydrogen) atoms. The molecule has 0 radical (unpaired) electrons. The zero-order valence-corrected chi connectivity index (χ0v) is 15.6. The van der Waals surface area contributed by atoms with Crippen molar-refractivity contribution >= 4 is 11.5 Å². The highest BCUT2D eigenvalue weighted by molar-refractivity contribution is 5.72. The number of rotatable bonds is 5. The maximum atomic E-state index is 12.6. The molecule has 1 atom stereocenters. The van der Waals surface area contributed by atoms with Crippen LogP contribution in [0.3, 0.4) is 0 Å². The van der Waals surface area contributed by atoms with Crippen molar-refractivity contribution in [3.8, 4) is 11.5 Å². The Kier molecular flexibility index (Phi) is 5.40. The van der Waals surface area contributed by atoms with Gasteiger partial charge in [0.25, 0.3) is 0 Å². The van der Waals surface area contributed by atoms with Gasteiger partial charge in [-0.25, -0.2) is 4.79 Å². The molecule has 144 valence electrons. The van der Waals surface area contributed by atoms with Crippen molar-refractivity contribution < 1.29 is 4.74 Å². The molecular weight excluding hydrogens is 342 g/mol. The summed E-state index contributed by atoms with van der Waals surface area (Å²) in [7, 11) is 0. The molecule has 3 heterocycles. The molecule has 1 saturated heterocycles. The van der Waals surface area contributed by atoms with Crippen LogP contribution in [0.15, 0.2) is 35.3 Å². The lowest BCUT2D eigenvalue weighted by molar-refractivity contribution is 0.274. The second-order valence-corrected chi connectivity index (χ2v) is 7.29. The SMILES string of the molecule is NCCCCN1CCCC(n2cc3c(nc2=O)Nc2ccccc2O3)CC1. The zero-order chi connectivity index (χ0) is 18.6. The summed E-state index contributed by atoms with van der Waals surface area (Å²) in [6.45, 7) is 3.93. The van der Waals surface area contributed by atoms with Gasteiger partial charge in [0.05, 0.1) is 11.9 Å².